The number of pyridine rings is 1. The van der Waals surface area contributed by atoms with E-state index in [1.54, 1.807) is 6.20 Å². The van der Waals surface area contributed by atoms with Crippen LogP contribution in [0.5, 0.6) is 0 Å². The number of nitrogens with zero attached hydrogens (tertiary/aromatic N) is 2. The van der Waals surface area contributed by atoms with Crippen molar-refractivity contribution >= 4 is 17.4 Å². The highest BCUT2D eigenvalue weighted by Gasteiger charge is 2.16. The summed E-state index contributed by atoms with van der Waals surface area (Å²) in [7, 11) is 2.16. The molecule has 4 heteroatoms. The second kappa shape index (κ2) is 4.81. The molecule has 0 spiro atoms. The van der Waals surface area contributed by atoms with Crippen LogP contribution in [0.15, 0.2) is 18.3 Å². The van der Waals surface area contributed by atoms with Crippen LogP contribution >= 0.6 is 11.6 Å². The molecule has 1 aromatic heterocycles. The Hall–Kier alpha value is -0.800. The lowest BCUT2D eigenvalue weighted by molar-refractivity contribution is 0.261. The Balaban J connectivity index is 1.93. The Morgan fingerprint density at radius 2 is 2.40 bits per heavy atom. The van der Waals surface area contributed by atoms with Crippen LogP contribution in [0.2, 0.25) is 5.02 Å². The first-order valence-electron chi connectivity index (χ1n) is 5.30. The largest absolute Gasteiger partial charge is 0.366 e. The smallest absolute Gasteiger partial charge is 0.126 e. The summed E-state index contributed by atoms with van der Waals surface area (Å²) < 4.78 is 0. The highest BCUT2D eigenvalue weighted by atomic mass is 35.5. The number of nitrogens with one attached hydrogen (secondary N) is 1. The zero-order valence-corrected chi connectivity index (χ0v) is 9.67. The van der Waals surface area contributed by atoms with Crippen molar-refractivity contribution in [2.24, 2.45) is 0 Å². The third-order valence-corrected chi connectivity index (χ3v) is 2.93. The molecule has 1 aromatic rings. The van der Waals surface area contributed by atoms with Gasteiger partial charge < -0.3 is 10.2 Å². The van der Waals surface area contributed by atoms with Crippen LogP contribution in [0.3, 0.4) is 0 Å². The van der Waals surface area contributed by atoms with Crippen molar-refractivity contribution in [2.75, 3.05) is 25.5 Å². The number of hydrogen-bond acceptors (Lipinski definition) is 3. The molecule has 2 heterocycles. The molecule has 0 unspecified atom stereocenters. The first-order chi connectivity index (χ1) is 7.24. The topological polar surface area (TPSA) is 28.2 Å². The third kappa shape index (κ3) is 3.08. The van der Waals surface area contributed by atoms with Gasteiger partial charge in [0, 0.05) is 18.8 Å². The highest BCUT2D eigenvalue weighted by Crippen LogP contribution is 2.15. The number of anilines is 1. The van der Waals surface area contributed by atoms with Gasteiger partial charge in [-0.25, -0.2) is 4.98 Å². The lowest BCUT2D eigenvalue weighted by Crippen LogP contribution is -2.39. The normalized spacial score (nSPS) is 22.7. The Kier molecular flexibility index (Phi) is 3.44. The molecule has 1 saturated heterocycles. The molecule has 1 N–H and O–H groups in total. The Labute approximate surface area is 95.4 Å². The molecule has 3 nitrogen and oxygen atoms in total. The molecule has 2 rings (SSSR count). The molecular weight excluding hydrogens is 210 g/mol. The minimum absolute atomic E-state index is 0.512. The van der Waals surface area contributed by atoms with E-state index in [1.807, 2.05) is 12.1 Å². The average Bonchev–Trinajstić information content (AvgIpc) is 2.22. The Morgan fingerprint density at radius 3 is 3.07 bits per heavy atom. The van der Waals surface area contributed by atoms with Crippen molar-refractivity contribution in [3.8, 4) is 0 Å². The van der Waals surface area contributed by atoms with Gasteiger partial charge in [-0.1, -0.05) is 11.6 Å². The summed E-state index contributed by atoms with van der Waals surface area (Å²) in [6.45, 7) is 2.29. The predicted octanol–water partition coefficient (Wildman–Crippen LogP) is 2.24. The number of likely N-dealkylation sites (tertiary alicyclic amines) is 1. The van der Waals surface area contributed by atoms with Gasteiger partial charge in [0.1, 0.15) is 5.82 Å². The second-order valence-electron chi connectivity index (χ2n) is 4.11. The van der Waals surface area contributed by atoms with Gasteiger partial charge in [0.2, 0.25) is 0 Å². The van der Waals surface area contributed by atoms with E-state index in [-0.39, 0.29) is 0 Å². The van der Waals surface area contributed by atoms with Crippen LogP contribution in [-0.4, -0.2) is 36.1 Å². The van der Waals surface area contributed by atoms with Gasteiger partial charge in [0.15, 0.2) is 0 Å². The fourth-order valence-corrected chi connectivity index (χ4v) is 2.07. The molecule has 1 fully saturated rings. The highest BCUT2D eigenvalue weighted by molar-refractivity contribution is 6.30. The van der Waals surface area contributed by atoms with Gasteiger partial charge in [-0.2, -0.15) is 0 Å². The van der Waals surface area contributed by atoms with Crippen molar-refractivity contribution in [1.29, 1.82) is 0 Å². The van der Waals surface area contributed by atoms with E-state index in [9.17, 15) is 0 Å². The maximum atomic E-state index is 5.78. The van der Waals surface area contributed by atoms with E-state index >= 15 is 0 Å². The third-order valence-electron chi connectivity index (χ3n) is 2.70. The van der Waals surface area contributed by atoms with E-state index < -0.39 is 0 Å². The summed E-state index contributed by atoms with van der Waals surface area (Å²) in [5.41, 5.74) is 0. The Morgan fingerprint density at radius 1 is 1.53 bits per heavy atom. The van der Waals surface area contributed by atoms with Gasteiger partial charge in [0.05, 0.1) is 5.02 Å². The molecule has 0 aromatic carbocycles. The quantitative estimate of drug-likeness (QED) is 0.837. The van der Waals surface area contributed by atoms with Gasteiger partial charge in [-0.15, -0.1) is 0 Å². The number of hydrogen-bond donors (Lipinski definition) is 1. The number of piperidine rings is 1. The molecule has 1 aliphatic heterocycles. The van der Waals surface area contributed by atoms with Crippen molar-refractivity contribution in [2.45, 2.75) is 18.9 Å². The van der Waals surface area contributed by atoms with Crippen molar-refractivity contribution < 1.29 is 0 Å². The van der Waals surface area contributed by atoms with Crippen LogP contribution in [0, 0.1) is 0 Å². The summed E-state index contributed by atoms with van der Waals surface area (Å²) in [6.07, 6.45) is 4.15. The van der Waals surface area contributed by atoms with Gasteiger partial charge in [0.25, 0.3) is 0 Å². The van der Waals surface area contributed by atoms with E-state index in [0.29, 0.717) is 11.1 Å². The van der Waals surface area contributed by atoms with E-state index in [4.69, 9.17) is 11.6 Å². The van der Waals surface area contributed by atoms with Crippen LogP contribution in [-0.2, 0) is 0 Å². The minimum atomic E-state index is 0.512. The molecule has 1 aliphatic rings. The summed E-state index contributed by atoms with van der Waals surface area (Å²) >= 11 is 5.78. The minimum Gasteiger partial charge on any atom is -0.366 e. The Bertz CT molecular complexity index is 312. The SMILES string of the molecule is CN1CCC[C@@H](Nc2ccc(Cl)cn2)C1. The number of aromatic nitrogens is 1. The monoisotopic (exact) mass is 225 g/mol. The van der Waals surface area contributed by atoms with Crippen LogP contribution in [0.4, 0.5) is 5.82 Å². The van der Waals surface area contributed by atoms with Gasteiger partial charge in [-0.3, -0.25) is 0 Å². The summed E-state index contributed by atoms with van der Waals surface area (Å²) in [4.78, 5) is 6.58. The summed E-state index contributed by atoms with van der Waals surface area (Å²) in [5.74, 6) is 0.916. The molecule has 0 saturated carbocycles. The van der Waals surface area contributed by atoms with Crippen molar-refractivity contribution in [1.82, 2.24) is 9.88 Å². The molecule has 0 bridgehead atoms. The fraction of sp³-hybridized carbons (Fsp3) is 0.545. The molecular formula is C11H16ClN3. The van der Waals surface area contributed by atoms with E-state index in [0.717, 1.165) is 12.4 Å². The molecule has 0 aliphatic carbocycles. The van der Waals surface area contributed by atoms with Gasteiger partial charge in [-0.05, 0) is 38.6 Å². The zero-order chi connectivity index (χ0) is 10.7. The van der Waals surface area contributed by atoms with Gasteiger partial charge >= 0.3 is 0 Å². The molecule has 0 radical (unpaired) electrons. The lowest BCUT2D eigenvalue weighted by atomic mass is 10.1. The molecule has 1 atom stereocenters. The summed E-state index contributed by atoms with van der Waals surface area (Å²) in [5, 5.41) is 4.11. The van der Waals surface area contributed by atoms with Crippen LogP contribution < -0.4 is 5.32 Å². The molecule has 82 valence electrons. The zero-order valence-electron chi connectivity index (χ0n) is 8.91. The standard InChI is InChI=1S/C11H16ClN3/c1-15-6-2-3-10(8-15)14-11-5-4-9(12)7-13-11/h4-5,7,10H,2-3,6,8H2,1H3,(H,13,14)/t10-/m1/s1. The van der Waals surface area contributed by atoms with Crippen LogP contribution in [0.25, 0.3) is 0 Å². The van der Waals surface area contributed by atoms with E-state index in [1.165, 1.54) is 19.4 Å². The number of likely N-dealkylation sites (N-methyl/N-ethyl adjacent to an activating group) is 1. The molecule has 15 heavy (non-hydrogen) atoms. The van der Waals surface area contributed by atoms with Crippen molar-refractivity contribution in [3.05, 3.63) is 23.4 Å². The summed E-state index contributed by atoms with van der Waals surface area (Å²) in [6, 6.07) is 4.30. The average molecular weight is 226 g/mol. The maximum absolute atomic E-state index is 5.78. The predicted molar refractivity (Wildman–Crippen MR) is 63.4 cm³/mol. The maximum Gasteiger partial charge on any atom is 0.126 e. The van der Waals surface area contributed by atoms with Crippen molar-refractivity contribution in [3.63, 3.8) is 0 Å². The van der Waals surface area contributed by atoms with Crippen LogP contribution in [0.1, 0.15) is 12.8 Å². The first kappa shape index (κ1) is 10.7. The fourth-order valence-electron chi connectivity index (χ4n) is 1.95. The number of halogens is 1. The number of rotatable bonds is 2. The first-order valence-corrected chi connectivity index (χ1v) is 5.68. The lowest BCUT2D eigenvalue weighted by Gasteiger charge is -2.30. The molecule has 0 amide bonds. The second-order valence-corrected chi connectivity index (χ2v) is 4.54. The van der Waals surface area contributed by atoms with E-state index in [2.05, 4.69) is 22.2 Å².